The van der Waals surface area contributed by atoms with E-state index in [9.17, 15) is 9.90 Å². The van der Waals surface area contributed by atoms with E-state index in [1.54, 1.807) is 0 Å². The second kappa shape index (κ2) is 7.56. The standard InChI is InChI=1S/C16H30N2O3/c1-3-7-17-14-10-21-9-13(14)15(20)18-16(11-19)6-4-5-12(2)8-16/h12-14,17,19H,3-11H2,1-2H3,(H,18,20). The van der Waals surface area contributed by atoms with Gasteiger partial charge in [0.25, 0.3) is 0 Å². The van der Waals surface area contributed by atoms with Crippen LogP contribution in [-0.2, 0) is 9.53 Å². The van der Waals surface area contributed by atoms with Gasteiger partial charge in [-0.05, 0) is 31.7 Å². The molecule has 1 saturated carbocycles. The smallest absolute Gasteiger partial charge is 0.227 e. The zero-order valence-corrected chi connectivity index (χ0v) is 13.4. The van der Waals surface area contributed by atoms with Gasteiger partial charge in [0.15, 0.2) is 0 Å². The summed E-state index contributed by atoms with van der Waals surface area (Å²) in [5, 5.41) is 16.3. The molecule has 4 atom stereocenters. The minimum Gasteiger partial charge on any atom is -0.394 e. The van der Waals surface area contributed by atoms with Crippen LogP contribution in [-0.4, -0.2) is 49.0 Å². The molecular weight excluding hydrogens is 268 g/mol. The molecule has 1 amide bonds. The number of ether oxygens (including phenoxy) is 1. The minimum atomic E-state index is -0.424. The summed E-state index contributed by atoms with van der Waals surface area (Å²) in [6, 6.07) is 0.0988. The maximum Gasteiger partial charge on any atom is 0.227 e. The molecule has 4 unspecified atom stereocenters. The predicted molar refractivity (Wildman–Crippen MR) is 82.0 cm³/mol. The molecule has 1 saturated heterocycles. The molecule has 21 heavy (non-hydrogen) atoms. The first-order valence-corrected chi connectivity index (χ1v) is 8.34. The second-order valence-electron chi connectivity index (χ2n) is 6.83. The van der Waals surface area contributed by atoms with Gasteiger partial charge in [-0.1, -0.05) is 26.7 Å². The first-order valence-electron chi connectivity index (χ1n) is 8.34. The van der Waals surface area contributed by atoms with E-state index >= 15 is 0 Å². The molecule has 1 aliphatic heterocycles. The van der Waals surface area contributed by atoms with Crippen LogP contribution in [0.1, 0.15) is 46.0 Å². The van der Waals surface area contributed by atoms with Crippen molar-refractivity contribution in [1.82, 2.24) is 10.6 Å². The number of carbonyl (C=O) groups is 1. The third kappa shape index (κ3) is 4.18. The fourth-order valence-corrected chi connectivity index (χ4v) is 3.65. The third-order valence-electron chi connectivity index (χ3n) is 4.86. The highest BCUT2D eigenvalue weighted by molar-refractivity contribution is 5.80. The molecular formula is C16H30N2O3. The number of nitrogens with one attached hydrogen (secondary N) is 2. The van der Waals surface area contributed by atoms with Crippen LogP contribution in [0.3, 0.4) is 0 Å². The molecule has 0 aromatic carbocycles. The molecule has 5 nitrogen and oxygen atoms in total. The lowest BCUT2D eigenvalue weighted by Gasteiger charge is -2.40. The van der Waals surface area contributed by atoms with Gasteiger partial charge in [-0.25, -0.2) is 0 Å². The van der Waals surface area contributed by atoms with Crippen LogP contribution in [0.25, 0.3) is 0 Å². The zero-order valence-electron chi connectivity index (χ0n) is 13.4. The predicted octanol–water partition coefficient (Wildman–Crippen LogP) is 1.06. The monoisotopic (exact) mass is 298 g/mol. The molecule has 2 fully saturated rings. The summed E-state index contributed by atoms with van der Waals surface area (Å²) in [7, 11) is 0. The van der Waals surface area contributed by atoms with Crippen LogP contribution in [0.2, 0.25) is 0 Å². The molecule has 1 heterocycles. The molecule has 0 bridgehead atoms. The Morgan fingerprint density at radius 3 is 2.90 bits per heavy atom. The molecule has 5 heteroatoms. The summed E-state index contributed by atoms with van der Waals surface area (Å²) >= 11 is 0. The van der Waals surface area contributed by atoms with Gasteiger partial charge in [0.1, 0.15) is 0 Å². The van der Waals surface area contributed by atoms with Crippen LogP contribution < -0.4 is 10.6 Å². The second-order valence-corrected chi connectivity index (χ2v) is 6.83. The van der Waals surface area contributed by atoms with Crippen molar-refractivity contribution in [3.05, 3.63) is 0 Å². The Morgan fingerprint density at radius 2 is 2.24 bits per heavy atom. The van der Waals surface area contributed by atoms with Crippen molar-refractivity contribution >= 4 is 5.91 Å². The van der Waals surface area contributed by atoms with E-state index < -0.39 is 5.54 Å². The van der Waals surface area contributed by atoms with E-state index in [0.29, 0.717) is 19.1 Å². The Balaban J connectivity index is 1.95. The molecule has 122 valence electrons. The van der Waals surface area contributed by atoms with Crippen LogP contribution in [0, 0.1) is 11.8 Å². The lowest BCUT2D eigenvalue weighted by molar-refractivity contribution is -0.128. The highest BCUT2D eigenvalue weighted by Gasteiger charge is 2.40. The molecule has 0 aromatic rings. The topological polar surface area (TPSA) is 70.6 Å². The largest absolute Gasteiger partial charge is 0.394 e. The molecule has 3 N–H and O–H groups in total. The molecule has 0 radical (unpaired) electrons. The van der Waals surface area contributed by atoms with Crippen molar-refractivity contribution in [2.24, 2.45) is 11.8 Å². The SMILES string of the molecule is CCCNC1COCC1C(=O)NC1(CO)CCCC(C)C1. The first kappa shape index (κ1) is 16.7. The van der Waals surface area contributed by atoms with Gasteiger partial charge in [0.2, 0.25) is 5.91 Å². The third-order valence-corrected chi connectivity index (χ3v) is 4.86. The maximum absolute atomic E-state index is 12.6. The summed E-state index contributed by atoms with van der Waals surface area (Å²) in [6.07, 6.45) is 5.05. The van der Waals surface area contributed by atoms with Crippen molar-refractivity contribution in [3.63, 3.8) is 0 Å². The van der Waals surface area contributed by atoms with Gasteiger partial charge in [-0.15, -0.1) is 0 Å². The fraction of sp³-hybridized carbons (Fsp3) is 0.938. The van der Waals surface area contributed by atoms with E-state index in [1.165, 1.54) is 6.42 Å². The quantitative estimate of drug-likeness (QED) is 0.686. The maximum atomic E-state index is 12.6. The van der Waals surface area contributed by atoms with Gasteiger partial charge < -0.3 is 20.5 Å². The Morgan fingerprint density at radius 1 is 1.43 bits per heavy atom. The summed E-state index contributed by atoms with van der Waals surface area (Å²) in [6.45, 7) is 6.32. The number of aliphatic hydroxyl groups is 1. The van der Waals surface area contributed by atoms with E-state index in [4.69, 9.17) is 4.74 Å². The summed E-state index contributed by atoms with van der Waals surface area (Å²) in [4.78, 5) is 12.6. The highest BCUT2D eigenvalue weighted by Crippen LogP contribution is 2.32. The van der Waals surface area contributed by atoms with Crippen molar-refractivity contribution in [2.75, 3.05) is 26.4 Å². The van der Waals surface area contributed by atoms with Crippen molar-refractivity contribution in [3.8, 4) is 0 Å². The highest BCUT2D eigenvalue weighted by atomic mass is 16.5. The van der Waals surface area contributed by atoms with Crippen LogP contribution in [0.4, 0.5) is 0 Å². The zero-order chi connectivity index (χ0) is 15.3. The summed E-state index contributed by atoms with van der Waals surface area (Å²) in [5.74, 6) is 0.446. The number of hydrogen-bond acceptors (Lipinski definition) is 4. The van der Waals surface area contributed by atoms with Gasteiger partial charge >= 0.3 is 0 Å². The number of aliphatic hydroxyl groups excluding tert-OH is 1. The number of hydrogen-bond donors (Lipinski definition) is 3. The van der Waals surface area contributed by atoms with Crippen LogP contribution in [0.5, 0.6) is 0 Å². The van der Waals surface area contributed by atoms with Gasteiger partial charge in [0, 0.05) is 6.04 Å². The summed E-state index contributed by atoms with van der Waals surface area (Å²) < 4.78 is 5.48. The first-order chi connectivity index (χ1) is 10.1. The van der Waals surface area contributed by atoms with Gasteiger partial charge in [-0.3, -0.25) is 4.79 Å². The molecule has 0 aromatic heterocycles. The Kier molecular flexibility index (Phi) is 6.02. The normalized spacial score (nSPS) is 36.6. The average Bonchev–Trinajstić information content (AvgIpc) is 2.93. The lowest BCUT2D eigenvalue weighted by atomic mass is 9.76. The number of carbonyl (C=O) groups excluding carboxylic acids is 1. The number of rotatable bonds is 6. The Labute approximate surface area is 127 Å². The Bertz CT molecular complexity index is 350. The summed E-state index contributed by atoms with van der Waals surface area (Å²) in [5.41, 5.74) is -0.424. The molecule has 2 rings (SSSR count). The lowest BCUT2D eigenvalue weighted by Crippen LogP contribution is -2.57. The average molecular weight is 298 g/mol. The van der Waals surface area contributed by atoms with Crippen molar-refractivity contribution < 1.29 is 14.6 Å². The van der Waals surface area contributed by atoms with E-state index in [2.05, 4.69) is 24.5 Å². The van der Waals surface area contributed by atoms with Gasteiger partial charge in [0.05, 0.1) is 31.3 Å². The van der Waals surface area contributed by atoms with Crippen molar-refractivity contribution in [1.29, 1.82) is 0 Å². The van der Waals surface area contributed by atoms with E-state index in [0.717, 1.165) is 32.2 Å². The molecule has 1 aliphatic carbocycles. The van der Waals surface area contributed by atoms with E-state index in [-0.39, 0.29) is 24.5 Å². The molecule has 0 spiro atoms. The van der Waals surface area contributed by atoms with E-state index in [1.807, 2.05) is 0 Å². The van der Waals surface area contributed by atoms with Crippen LogP contribution >= 0.6 is 0 Å². The minimum absolute atomic E-state index is 0.0315. The number of amides is 1. The van der Waals surface area contributed by atoms with Crippen LogP contribution in [0.15, 0.2) is 0 Å². The molecule has 2 aliphatic rings. The Hall–Kier alpha value is -0.650. The fourth-order valence-electron chi connectivity index (χ4n) is 3.65. The van der Waals surface area contributed by atoms with Gasteiger partial charge in [-0.2, -0.15) is 0 Å². The van der Waals surface area contributed by atoms with Crippen molar-refractivity contribution in [2.45, 2.75) is 57.5 Å².